The Morgan fingerprint density at radius 1 is 1.25 bits per heavy atom. The van der Waals surface area contributed by atoms with Gasteiger partial charge in [-0.25, -0.2) is 0 Å². The molecular formula is C19H22N2O3. The Morgan fingerprint density at radius 3 is 2.79 bits per heavy atom. The average molecular weight is 326 g/mol. The summed E-state index contributed by atoms with van der Waals surface area (Å²) < 4.78 is 5.18. The van der Waals surface area contributed by atoms with Gasteiger partial charge in [0.1, 0.15) is 0 Å². The number of anilines is 1. The first-order chi connectivity index (χ1) is 11.5. The largest absolute Gasteiger partial charge is 0.459 e. The Labute approximate surface area is 141 Å². The second-order valence-corrected chi connectivity index (χ2v) is 6.38. The van der Waals surface area contributed by atoms with Gasteiger partial charge in [0.2, 0.25) is 5.91 Å². The highest BCUT2D eigenvalue weighted by molar-refractivity contribution is 5.95. The van der Waals surface area contributed by atoms with Gasteiger partial charge in [-0.05, 0) is 50.5 Å². The number of amides is 2. The number of piperidine rings is 1. The van der Waals surface area contributed by atoms with Gasteiger partial charge in [0.25, 0.3) is 5.91 Å². The number of aryl methyl sites for hydroxylation is 2. The summed E-state index contributed by atoms with van der Waals surface area (Å²) in [5.41, 5.74) is 3.04. The summed E-state index contributed by atoms with van der Waals surface area (Å²) in [6, 6.07) is 9.31. The van der Waals surface area contributed by atoms with Crippen LogP contribution in [0.5, 0.6) is 0 Å². The Balaban J connectivity index is 1.65. The lowest BCUT2D eigenvalue weighted by Gasteiger charge is -2.31. The topological polar surface area (TPSA) is 62.6 Å². The van der Waals surface area contributed by atoms with E-state index in [1.165, 1.54) is 11.8 Å². The third kappa shape index (κ3) is 3.50. The van der Waals surface area contributed by atoms with Gasteiger partial charge in [0, 0.05) is 18.8 Å². The summed E-state index contributed by atoms with van der Waals surface area (Å²) in [4.78, 5) is 26.7. The van der Waals surface area contributed by atoms with E-state index in [-0.39, 0.29) is 17.7 Å². The number of nitrogens with zero attached hydrogens (tertiary/aromatic N) is 1. The summed E-state index contributed by atoms with van der Waals surface area (Å²) in [7, 11) is 0. The van der Waals surface area contributed by atoms with Crippen LogP contribution in [0, 0.1) is 19.8 Å². The normalized spacial score (nSPS) is 17.6. The second-order valence-electron chi connectivity index (χ2n) is 6.38. The molecule has 2 heterocycles. The molecule has 1 aromatic heterocycles. The lowest BCUT2D eigenvalue weighted by Crippen LogP contribution is -2.43. The minimum absolute atomic E-state index is 0.0288. The highest BCUT2D eigenvalue weighted by Gasteiger charge is 2.30. The third-order valence-electron chi connectivity index (χ3n) is 4.45. The van der Waals surface area contributed by atoms with E-state index in [4.69, 9.17) is 4.42 Å². The molecule has 0 aliphatic carbocycles. The summed E-state index contributed by atoms with van der Waals surface area (Å²) in [6.07, 6.45) is 3.09. The zero-order valence-corrected chi connectivity index (χ0v) is 14.0. The van der Waals surface area contributed by atoms with Crippen molar-refractivity contribution >= 4 is 17.5 Å². The quantitative estimate of drug-likeness (QED) is 0.940. The maximum absolute atomic E-state index is 12.6. The van der Waals surface area contributed by atoms with Crippen molar-refractivity contribution in [2.75, 3.05) is 18.4 Å². The van der Waals surface area contributed by atoms with Crippen LogP contribution in [0.1, 0.15) is 34.5 Å². The van der Waals surface area contributed by atoms with Gasteiger partial charge in [-0.2, -0.15) is 0 Å². The Kier molecular flexibility index (Phi) is 4.69. The molecule has 24 heavy (non-hydrogen) atoms. The maximum Gasteiger partial charge on any atom is 0.289 e. The number of likely N-dealkylation sites (tertiary alicyclic amines) is 1. The lowest BCUT2D eigenvalue weighted by molar-refractivity contribution is -0.121. The number of rotatable bonds is 3. The van der Waals surface area contributed by atoms with Crippen LogP contribution in [0.15, 0.2) is 41.0 Å². The molecule has 0 unspecified atom stereocenters. The molecule has 5 nitrogen and oxygen atoms in total. The SMILES string of the molecule is Cc1ccc(NC(=O)[C@H]2CCCN(C(=O)c3ccco3)C2)c(C)c1. The van der Waals surface area contributed by atoms with Crippen LogP contribution in [0.2, 0.25) is 0 Å². The molecule has 1 saturated heterocycles. The Morgan fingerprint density at radius 2 is 2.08 bits per heavy atom. The van der Waals surface area contributed by atoms with Crippen molar-refractivity contribution in [2.45, 2.75) is 26.7 Å². The highest BCUT2D eigenvalue weighted by atomic mass is 16.3. The van der Waals surface area contributed by atoms with Crippen LogP contribution in [-0.2, 0) is 4.79 Å². The number of nitrogens with one attached hydrogen (secondary N) is 1. The second kappa shape index (κ2) is 6.91. The minimum atomic E-state index is -0.196. The predicted octanol–water partition coefficient (Wildman–Crippen LogP) is 3.39. The predicted molar refractivity (Wildman–Crippen MR) is 91.9 cm³/mol. The third-order valence-corrected chi connectivity index (χ3v) is 4.45. The van der Waals surface area contributed by atoms with E-state index < -0.39 is 0 Å². The molecule has 0 spiro atoms. The molecule has 1 fully saturated rings. The lowest BCUT2D eigenvalue weighted by atomic mass is 9.96. The van der Waals surface area contributed by atoms with E-state index >= 15 is 0 Å². The van der Waals surface area contributed by atoms with E-state index in [2.05, 4.69) is 5.32 Å². The first kappa shape index (κ1) is 16.3. The molecule has 126 valence electrons. The fraction of sp³-hybridized carbons (Fsp3) is 0.368. The zero-order valence-electron chi connectivity index (χ0n) is 14.0. The molecule has 1 N–H and O–H groups in total. The maximum atomic E-state index is 12.6. The number of furan rings is 1. The number of benzene rings is 1. The fourth-order valence-electron chi connectivity index (χ4n) is 3.12. The van der Waals surface area contributed by atoms with E-state index in [0.29, 0.717) is 18.8 Å². The van der Waals surface area contributed by atoms with Crippen molar-refractivity contribution < 1.29 is 14.0 Å². The monoisotopic (exact) mass is 326 g/mol. The molecule has 0 saturated carbocycles. The van der Waals surface area contributed by atoms with Crippen LogP contribution < -0.4 is 5.32 Å². The van der Waals surface area contributed by atoms with Gasteiger partial charge in [-0.3, -0.25) is 9.59 Å². The number of hydrogen-bond donors (Lipinski definition) is 1. The minimum Gasteiger partial charge on any atom is -0.459 e. The Bertz CT molecular complexity index is 737. The molecule has 0 radical (unpaired) electrons. The van der Waals surface area contributed by atoms with Gasteiger partial charge < -0.3 is 14.6 Å². The molecule has 1 aromatic carbocycles. The van der Waals surface area contributed by atoms with Gasteiger partial charge in [0.05, 0.1) is 12.2 Å². The Hall–Kier alpha value is -2.56. The van der Waals surface area contributed by atoms with Crippen LogP contribution in [0.3, 0.4) is 0 Å². The highest BCUT2D eigenvalue weighted by Crippen LogP contribution is 2.22. The summed E-state index contributed by atoms with van der Waals surface area (Å²) in [6.45, 7) is 5.09. The summed E-state index contributed by atoms with van der Waals surface area (Å²) >= 11 is 0. The van der Waals surface area contributed by atoms with Gasteiger partial charge >= 0.3 is 0 Å². The molecule has 1 aliphatic heterocycles. The molecule has 2 amide bonds. The van der Waals surface area contributed by atoms with Crippen molar-refractivity contribution in [1.82, 2.24) is 4.90 Å². The van der Waals surface area contributed by atoms with Crippen molar-refractivity contribution in [1.29, 1.82) is 0 Å². The van der Waals surface area contributed by atoms with Gasteiger partial charge in [0.15, 0.2) is 5.76 Å². The molecule has 5 heteroatoms. The molecule has 0 bridgehead atoms. The van der Waals surface area contributed by atoms with Crippen LogP contribution in [-0.4, -0.2) is 29.8 Å². The van der Waals surface area contributed by atoms with Gasteiger partial charge in [-0.15, -0.1) is 0 Å². The van der Waals surface area contributed by atoms with E-state index in [9.17, 15) is 9.59 Å². The first-order valence-electron chi connectivity index (χ1n) is 8.25. The number of hydrogen-bond acceptors (Lipinski definition) is 3. The average Bonchev–Trinajstić information content (AvgIpc) is 3.11. The molecule has 2 aromatic rings. The fourth-order valence-corrected chi connectivity index (χ4v) is 3.12. The molecule has 1 atom stereocenters. The molecule has 1 aliphatic rings. The van der Waals surface area contributed by atoms with Crippen LogP contribution in [0.4, 0.5) is 5.69 Å². The molecular weight excluding hydrogens is 304 g/mol. The van der Waals surface area contributed by atoms with Crippen LogP contribution >= 0.6 is 0 Å². The van der Waals surface area contributed by atoms with Crippen molar-refractivity contribution in [2.24, 2.45) is 5.92 Å². The van der Waals surface area contributed by atoms with Crippen molar-refractivity contribution in [3.05, 3.63) is 53.5 Å². The van der Waals surface area contributed by atoms with Crippen molar-refractivity contribution in [3.8, 4) is 0 Å². The van der Waals surface area contributed by atoms with Gasteiger partial charge in [-0.1, -0.05) is 17.7 Å². The van der Waals surface area contributed by atoms with E-state index in [0.717, 1.165) is 24.1 Å². The number of carbonyl (C=O) groups is 2. The number of carbonyl (C=O) groups excluding carboxylic acids is 2. The zero-order chi connectivity index (χ0) is 17.1. The first-order valence-corrected chi connectivity index (χ1v) is 8.25. The van der Waals surface area contributed by atoms with Crippen molar-refractivity contribution in [3.63, 3.8) is 0 Å². The van der Waals surface area contributed by atoms with E-state index in [1.807, 2.05) is 32.0 Å². The molecule has 3 rings (SSSR count). The standard InChI is InChI=1S/C19H22N2O3/c1-13-7-8-16(14(2)11-13)20-18(22)15-5-3-9-21(12-15)19(23)17-6-4-10-24-17/h4,6-8,10-11,15H,3,5,9,12H2,1-2H3,(H,20,22)/t15-/m0/s1. The summed E-state index contributed by atoms with van der Waals surface area (Å²) in [5, 5.41) is 3.00. The van der Waals surface area contributed by atoms with Crippen LogP contribution in [0.25, 0.3) is 0 Å². The summed E-state index contributed by atoms with van der Waals surface area (Å²) in [5.74, 6) is -0.0493. The smallest absolute Gasteiger partial charge is 0.289 e. The van der Waals surface area contributed by atoms with E-state index in [1.54, 1.807) is 17.0 Å².